The summed E-state index contributed by atoms with van der Waals surface area (Å²) in [6.07, 6.45) is 3.71. The number of nitrogens with two attached hydrogens (primary N) is 1. The van der Waals surface area contributed by atoms with Crippen LogP contribution in [0.2, 0.25) is 0 Å². The fourth-order valence-corrected chi connectivity index (χ4v) is 1.95. The molecule has 0 saturated carbocycles. The average molecular weight is 355 g/mol. The Labute approximate surface area is 149 Å². The normalized spacial score (nSPS) is 11.3. The standard InChI is InChI=1S/C17H18FN7O/c18-15-11-23-17(24-14(8-20)10-21-4-5-26)25-16(15)22-9-13-3-1-2-12(6-13)7-19/h1-3,6,8,10-11,26H,4-5,9,20H2,(H2,22,23,24,25)/b14-8+,21-10?. The van der Waals surface area contributed by atoms with Gasteiger partial charge in [0.2, 0.25) is 5.95 Å². The molecule has 0 unspecified atom stereocenters. The van der Waals surface area contributed by atoms with E-state index in [0.717, 1.165) is 11.8 Å². The minimum atomic E-state index is -0.612. The van der Waals surface area contributed by atoms with Crippen molar-refractivity contribution in [3.05, 3.63) is 59.3 Å². The monoisotopic (exact) mass is 355 g/mol. The highest BCUT2D eigenvalue weighted by molar-refractivity contribution is 5.82. The number of hydrogen-bond acceptors (Lipinski definition) is 8. The topological polar surface area (TPSA) is 132 Å². The van der Waals surface area contributed by atoms with Crippen LogP contribution in [0.4, 0.5) is 16.2 Å². The zero-order valence-electron chi connectivity index (χ0n) is 13.9. The van der Waals surface area contributed by atoms with Crippen molar-refractivity contribution in [2.24, 2.45) is 10.7 Å². The summed E-state index contributed by atoms with van der Waals surface area (Å²) in [7, 11) is 0. The van der Waals surface area contributed by atoms with E-state index in [0.29, 0.717) is 17.8 Å². The molecule has 2 rings (SSSR count). The number of benzene rings is 1. The number of aliphatic hydroxyl groups is 1. The molecule has 134 valence electrons. The van der Waals surface area contributed by atoms with Gasteiger partial charge in [-0.05, 0) is 17.7 Å². The smallest absolute Gasteiger partial charge is 0.229 e. The number of nitrogens with one attached hydrogen (secondary N) is 2. The Morgan fingerprint density at radius 3 is 3.04 bits per heavy atom. The Kier molecular flexibility index (Phi) is 7.03. The molecule has 8 nitrogen and oxygen atoms in total. The summed E-state index contributed by atoms with van der Waals surface area (Å²) >= 11 is 0. The summed E-state index contributed by atoms with van der Waals surface area (Å²) in [4.78, 5) is 11.8. The molecule has 1 heterocycles. The van der Waals surface area contributed by atoms with E-state index < -0.39 is 5.82 Å². The molecule has 0 saturated heterocycles. The van der Waals surface area contributed by atoms with Gasteiger partial charge in [0.05, 0.1) is 36.7 Å². The van der Waals surface area contributed by atoms with Gasteiger partial charge in [-0.25, -0.2) is 9.37 Å². The van der Waals surface area contributed by atoms with Crippen molar-refractivity contribution >= 4 is 18.0 Å². The van der Waals surface area contributed by atoms with Crippen molar-refractivity contribution in [1.29, 1.82) is 5.26 Å². The van der Waals surface area contributed by atoms with Crippen LogP contribution in [0.15, 0.2) is 47.4 Å². The van der Waals surface area contributed by atoms with Crippen LogP contribution >= 0.6 is 0 Å². The zero-order valence-corrected chi connectivity index (χ0v) is 13.9. The van der Waals surface area contributed by atoms with E-state index in [2.05, 4.69) is 31.7 Å². The second-order valence-electron chi connectivity index (χ2n) is 5.06. The van der Waals surface area contributed by atoms with E-state index in [9.17, 15) is 4.39 Å². The van der Waals surface area contributed by atoms with E-state index in [1.807, 2.05) is 6.07 Å². The van der Waals surface area contributed by atoms with Gasteiger partial charge in [-0.3, -0.25) is 4.99 Å². The molecule has 5 N–H and O–H groups in total. The molecule has 0 aliphatic heterocycles. The SMILES string of the molecule is N#Cc1cccc(CNc2nc(N/C(C=NCCO)=C/N)ncc2F)c1. The predicted octanol–water partition coefficient (Wildman–Crippen LogP) is 1.37. The largest absolute Gasteiger partial charge is 0.403 e. The van der Waals surface area contributed by atoms with E-state index in [4.69, 9.17) is 16.1 Å². The van der Waals surface area contributed by atoms with Gasteiger partial charge in [-0.2, -0.15) is 10.2 Å². The molecular formula is C17H18FN7O. The first-order chi connectivity index (χ1) is 12.7. The van der Waals surface area contributed by atoms with Crippen LogP contribution in [-0.2, 0) is 6.54 Å². The highest BCUT2D eigenvalue weighted by Gasteiger charge is 2.08. The minimum Gasteiger partial charge on any atom is -0.403 e. The second kappa shape index (κ2) is 9.71. The van der Waals surface area contributed by atoms with Crippen LogP contribution in [-0.4, -0.2) is 34.4 Å². The maximum atomic E-state index is 13.9. The predicted molar refractivity (Wildman–Crippen MR) is 96.8 cm³/mol. The van der Waals surface area contributed by atoms with E-state index in [1.54, 1.807) is 18.2 Å². The molecule has 0 spiro atoms. The number of hydrogen-bond donors (Lipinski definition) is 4. The van der Waals surface area contributed by atoms with Gasteiger partial charge in [-0.1, -0.05) is 12.1 Å². The first-order valence-corrected chi connectivity index (χ1v) is 7.71. The summed E-state index contributed by atoms with van der Waals surface area (Å²) < 4.78 is 13.9. The highest BCUT2D eigenvalue weighted by Crippen LogP contribution is 2.14. The maximum Gasteiger partial charge on any atom is 0.229 e. The fourth-order valence-electron chi connectivity index (χ4n) is 1.95. The van der Waals surface area contributed by atoms with Crippen LogP contribution in [0.5, 0.6) is 0 Å². The summed E-state index contributed by atoms with van der Waals surface area (Å²) in [5.74, 6) is -0.473. The Hall–Kier alpha value is -3.51. The lowest BCUT2D eigenvalue weighted by Gasteiger charge is -2.10. The van der Waals surface area contributed by atoms with Crippen molar-refractivity contribution in [1.82, 2.24) is 9.97 Å². The fraction of sp³-hybridized carbons (Fsp3) is 0.176. The first kappa shape index (κ1) is 18.8. The number of nitriles is 1. The number of anilines is 2. The van der Waals surface area contributed by atoms with Gasteiger partial charge in [0.15, 0.2) is 11.6 Å². The van der Waals surface area contributed by atoms with Crippen molar-refractivity contribution in [2.75, 3.05) is 23.8 Å². The van der Waals surface area contributed by atoms with Crippen LogP contribution in [0.1, 0.15) is 11.1 Å². The molecule has 0 atom stereocenters. The Morgan fingerprint density at radius 1 is 1.46 bits per heavy atom. The number of aliphatic imine (C=N–C) groups is 1. The maximum absolute atomic E-state index is 13.9. The summed E-state index contributed by atoms with van der Waals surface area (Å²) in [6, 6.07) is 9.02. The van der Waals surface area contributed by atoms with Gasteiger partial charge in [0.25, 0.3) is 0 Å². The first-order valence-electron chi connectivity index (χ1n) is 7.71. The third-order valence-corrected chi connectivity index (χ3v) is 3.16. The number of halogens is 1. The van der Waals surface area contributed by atoms with Gasteiger partial charge >= 0.3 is 0 Å². The summed E-state index contributed by atoms with van der Waals surface area (Å²) in [5.41, 5.74) is 7.22. The lowest BCUT2D eigenvalue weighted by atomic mass is 10.1. The lowest BCUT2D eigenvalue weighted by Crippen LogP contribution is -2.10. The molecule has 0 aliphatic carbocycles. The molecule has 0 bridgehead atoms. The van der Waals surface area contributed by atoms with Crippen molar-refractivity contribution in [3.63, 3.8) is 0 Å². The van der Waals surface area contributed by atoms with Crippen molar-refractivity contribution < 1.29 is 9.50 Å². The van der Waals surface area contributed by atoms with Gasteiger partial charge < -0.3 is 21.5 Å². The Bertz CT molecular complexity index is 845. The highest BCUT2D eigenvalue weighted by atomic mass is 19.1. The number of allylic oxidation sites excluding steroid dienone is 1. The van der Waals surface area contributed by atoms with E-state index in [1.165, 1.54) is 12.4 Å². The summed E-state index contributed by atoms with van der Waals surface area (Å²) in [6.45, 7) is 0.445. The third-order valence-electron chi connectivity index (χ3n) is 3.16. The third kappa shape index (κ3) is 5.54. The molecule has 2 aromatic rings. The Morgan fingerprint density at radius 2 is 2.31 bits per heavy atom. The van der Waals surface area contributed by atoms with Crippen LogP contribution < -0.4 is 16.4 Å². The van der Waals surface area contributed by atoms with Crippen molar-refractivity contribution in [2.45, 2.75) is 6.54 Å². The Balaban J connectivity index is 2.07. The number of rotatable bonds is 8. The summed E-state index contributed by atoms with van der Waals surface area (Å²) in [5, 5.41) is 23.3. The average Bonchev–Trinajstić information content (AvgIpc) is 2.67. The van der Waals surface area contributed by atoms with Gasteiger partial charge in [0, 0.05) is 19.0 Å². The molecule has 9 heteroatoms. The molecular weight excluding hydrogens is 337 g/mol. The van der Waals surface area contributed by atoms with Gasteiger partial charge in [-0.15, -0.1) is 0 Å². The number of aliphatic hydroxyl groups excluding tert-OH is 1. The molecule has 1 aromatic carbocycles. The number of aromatic nitrogens is 2. The molecule has 0 radical (unpaired) electrons. The second-order valence-corrected chi connectivity index (χ2v) is 5.06. The lowest BCUT2D eigenvalue weighted by molar-refractivity contribution is 0.307. The van der Waals surface area contributed by atoms with E-state index in [-0.39, 0.29) is 24.9 Å². The van der Waals surface area contributed by atoms with Crippen LogP contribution in [0, 0.1) is 17.1 Å². The van der Waals surface area contributed by atoms with Crippen LogP contribution in [0.3, 0.4) is 0 Å². The minimum absolute atomic E-state index is 0.00790. The molecule has 0 aliphatic rings. The molecule has 1 aromatic heterocycles. The zero-order chi connectivity index (χ0) is 18.8. The number of nitrogens with zero attached hydrogens (tertiary/aromatic N) is 4. The molecule has 0 amide bonds. The molecule has 26 heavy (non-hydrogen) atoms. The van der Waals surface area contributed by atoms with Crippen molar-refractivity contribution in [3.8, 4) is 6.07 Å². The van der Waals surface area contributed by atoms with E-state index >= 15 is 0 Å². The quantitative estimate of drug-likeness (QED) is 0.526. The van der Waals surface area contributed by atoms with Gasteiger partial charge in [0.1, 0.15) is 0 Å². The molecule has 0 fully saturated rings. The van der Waals surface area contributed by atoms with Crippen LogP contribution in [0.25, 0.3) is 0 Å².